The van der Waals surface area contributed by atoms with Crippen LogP contribution in [-0.2, 0) is 13.6 Å². The van der Waals surface area contributed by atoms with E-state index in [0.29, 0.717) is 0 Å². The van der Waals surface area contributed by atoms with Crippen molar-refractivity contribution < 1.29 is 0 Å². The number of hydrogen-bond acceptors (Lipinski definition) is 2. The maximum Gasteiger partial charge on any atom is 0.0534 e. The molecule has 0 unspecified atom stereocenters. The van der Waals surface area contributed by atoms with Crippen molar-refractivity contribution in [1.29, 1.82) is 0 Å². The number of nitrogens with one attached hydrogen (secondary N) is 1. The molecule has 0 atom stereocenters. The molecule has 1 aromatic heterocycles. The summed E-state index contributed by atoms with van der Waals surface area (Å²) in [7, 11) is 1.96. The van der Waals surface area contributed by atoms with Crippen LogP contribution in [-0.4, -0.2) is 15.8 Å². The maximum absolute atomic E-state index is 4.16. The number of rotatable bonds is 4. The third kappa shape index (κ3) is 2.59. The second-order valence-corrected chi connectivity index (χ2v) is 5.08. The SMILES string of the molecule is CC(C)C1CC(NCc2cnn(C)c2)C1. The van der Waals surface area contributed by atoms with Gasteiger partial charge in [-0.25, -0.2) is 0 Å². The number of aryl methyl sites for hydroxylation is 1. The Labute approximate surface area is 91.9 Å². The van der Waals surface area contributed by atoms with Crippen molar-refractivity contribution in [3.8, 4) is 0 Å². The highest BCUT2D eigenvalue weighted by Gasteiger charge is 2.30. The fourth-order valence-corrected chi connectivity index (χ4v) is 2.20. The van der Waals surface area contributed by atoms with Gasteiger partial charge in [0.05, 0.1) is 6.20 Å². The zero-order valence-electron chi connectivity index (χ0n) is 9.90. The Morgan fingerprint density at radius 2 is 2.27 bits per heavy atom. The van der Waals surface area contributed by atoms with E-state index in [1.165, 1.54) is 18.4 Å². The molecule has 0 amide bonds. The van der Waals surface area contributed by atoms with Crippen LogP contribution in [0.15, 0.2) is 12.4 Å². The van der Waals surface area contributed by atoms with Crippen LogP contribution in [0.2, 0.25) is 0 Å². The van der Waals surface area contributed by atoms with Gasteiger partial charge in [-0.2, -0.15) is 5.10 Å². The van der Waals surface area contributed by atoms with E-state index in [9.17, 15) is 0 Å². The summed E-state index contributed by atoms with van der Waals surface area (Å²) in [5.74, 6) is 1.79. The Morgan fingerprint density at radius 1 is 1.53 bits per heavy atom. The second kappa shape index (κ2) is 4.35. The molecule has 0 radical (unpaired) electrons. The molecule has 1 heterocycles. The topological polar surface area (TPSA) is 29.9 Å². The Kier molecular flexibility index (Phi) is 3.10. The molecular weight excluding hydrogens is 186 g/mol. The summed E-state index contributed by atoms with van der Waals surface area (Å²) in [6, 6.07) is 0.734. The molecule has 84 valence electrons. The fraction of sp³-hybridized carbons (Fsp3) is 0.750. The van der Waals surface area contributed by atoms with E-state index in [1.807, 2.05) is 17.9 Å². The molecule has 1 aromatic rings. The van der Waals surface area contributed by atoms with E-state index in [1.54, 1.807) is 0 Å². The highest BCUT2D eigenvalue weighted by molar-refractivity contribution is 5.03. The molecule has 1 aliphatic carbocycles. The fourth-order valence-electron chi connectivity index (χ4n) is 2.20. The van der Waals surface area contributed by atoms with Gasteiger partial charge in [-0.15, -0.1) is 0 Å². The number of hydrogen-bond donors (Lipinski definition) is 1. The number of aromatic nitrogens is 2. The van der Waals surface area contributed by atoms with Gasteiger partial charge < -0.3 is 5.32 Å². The van der Waals surface area contributed by atoms with Gasteiger partial charge in [0, 0.05) is 31.4 Å². The standard InChI is InChI=1S/C12H21N3/c1-9(2)11-4-12(5-11)13-6-10-7-14-15(3)8-10/h7-9,11-13H,4-6H2,1-3H3. The minimum atomic E-state index is 0.734. The van der Waals surface area contributed by atoms with Crippen LogP contribution in [0.3, 0.4) is 0 Å². The van der Waals surface area contributed by atoms with Crippen molar-refractivity contribution >= 4 is 0 Å². The van der Waals surface area contributed by atoms with E-state index < -0.39 is 0 Å². The third-order valence-electron chi connectivity index (χ3n) is 3.47. The van der Waals surface area contributed by atoms with Crippen molar-refractivity contribution in [3.63, 3.8) is 0 Å². The molecule has 0 aromatic carbocycles. The molecule has 0 aliphatic heterocycles. The molecule has 0 bridgehead atoms. The van der Waals surface area contributed by atoms with Crippen molar-refractivity contribution in [1.82, 2.24) is 15.1 Å². The largest absolute Gasteiger partial charge is 0.310 e. The molecule has 2 rings (SSSR count). The summed E-state index contributed by atoms with van der Waals surface area (Å²) in [4.78, 5) is 0. The summed E-state index contributed by atoms with van der Waals surface area (Å²) in [6.07, 6.45) is 6.70. The van der Waals surface area contributed by atoms with Gasteiger partial charge >= 0.3 is 0 Å². The Balaban J connectivity index is 1.68. The highest BCUT2D eigenvalue weighted by atomic mass is 15.2. The molecule has 1 saturated carbocycles. The van der Waals surface area contributed by atoms with Crippen LogP contribution in [0.1, 0.15) is 32.3 Å². The van der Waals surface area contributed by atoms with Crippen LogP contribution in [0.25, 0.3) is 0 Å². The number of nitrogens with zero attached hydrogens (tertiary/aromatic N) is 2. The summed E-state index contributed by atoms with van der Waals surface area (Å²) in [5.41, 5.74) is 1.28. The van der Waals surface area contributed by atoms with Gasteiger partial charge in [0.15, 0.2) is 0 Å². The van der Waals surface area contributed by atoms with Crippen LogP contribution in [0.4, 0.5) is 0 Å². The van der Waals surface area contributed by atoms with E-state index in [-0.39, 0.29) is 0 Å². The maximum atomic E-state index is 4.16. The minimum Gasteiger partial charge on any atom is -0.310 e. The van der Waals surface area contributed by atoms with Crippen molar-refractivity contribution in [3.05, 3.63) is 18.0 Å². The molecule has 0 spiro atoms. The van der Waals surface area contributed by atoms with Crippen molar-refractivity contribution in [2.45, 2.75) is 39.3 Å². The second-order valence-electron chi connectivity index (χ2n) is 5.08. The zero-order valence-corrected chi connectivity index (χ0v) is 9.90. The molecule has 15 heavy (non-hydrogen) atoms. The third-order valence-corrected chi connectivity index (χ3v) is 3.47. The van der Waals surface area contributed by atoms with Crippen molar-refractivity contribution in [2.24, 2.45) is 18.9 Å². The van der Waals surface area contributed by atoms with Gasteiger partial charge in [0.25, 0.3) is 0 Å². The molecule has 1 aliphatic rings. The lowest BCUT2D eigenvalue weighted by Gasteiger charge is -2.38. The van der Waals surface area contributed by atoms with Crippen LogP contribution in [0.5, 0.6) is 0 Å². The molecule has 3 nitrogen and oxygen atoms in total. The van der Waals surface area contributed by atoms with E-state index in [2.05, 4.69) is 30.5 Å². The first-order valence-electron chi connectivity index (χ1n) is 5.86. The predicted molar refractivity (Wildman–Crippen MR) is 61.4 cm³/mol. The van der Waals surface area contributed by atoms with E-state index >= 15 is 0 Å². The van der Waals surface area contributed by atoms with Crippen LogP contribution < -0.4 is 5.32 Å². The Hall–Kier alpha value is -0.830. The average Bonchev–Trinajstić information content (AvgIpc) is 2.48. The quantitative estimate of drug-likeness (QED) is 0.817. The molecule has 3 heteroatoms. The normalized spacial score (nSPS) is 25.6. The summed E-state index contributed by atoms with van der Waals surface area (Å²) in [6.45, 7) is 5.60. The van der Waals surface area contributed by atoms with Crippen LogP contribution >= 0.6 is 0 Å². The minimum absolute atomic E-state index is 0.734. The van der Waals surface area contributed by atoms with Gasteiger partial charge in [0.1, 0.15) is 0 Å². The monoisotopic (exact) mass is 207 g/mol. The smallest absolute Gasteiger partial charge is 0.0534 e. The summed E-state index contributed by atoms with van der Waals surface area (Å²) < 4.78 is 1.86. The van der Waals surface area contributed by atoms with Crippen LogP contribution in [0, 0.1) is 11.8 Å². The first-order chi connectivity index (χ1) is 7.15. The predicted octanol–water partition coefficient (Wildman–Crippen LogP) is 1.94. The summed E-state index contributed by atoms with van der Waals surface area (Å²) in [5, 5.41) is 7.74. The molecule has 1 fully saturated rings. The first-order valence-corrected chi connectivity index (χ1v) is 5.86. The zero-order chi connectivity index (χ0) is 10.8. The van der Waals surface area contributed by atoms with E-state index in [4.69, 9.17) is 0 Å². The van der Waals surface area contributed by atoms with Gasteiger partial charge in [-0.05, 0) is 24.7 Å². The van der Waals surface area contributed by atoms with Gasteiger partial charge in [-0.1, -0.05) is 13.8 Å². The first kappa shape index (κ1) is 10.7. The lowest BCUT2D eigenvalue weighted by molar-refractivity contribution is 0.167. The van der Waals surface area contributed by atoms with Crippen molar-refractivity contribution in [2.75, 3.05) is 0 Å². The molecule has 1 N–H and O–H groups in total. The lowest BCUT2D eigenvalue weighted by atomic mass is 9.73. The molecular formula is C12H21N3. The Morgan fingerprint density at radius 3 is 2.80 bits per heavy atom. The molecule has 0 saturated heterocycles. The van der Waals surface area contributed by atoms with E-state index in [0.717, 1.165) is 24.4 Å². The summed E-state index contributed by atoms with van der Waals surface area (Å²) >= 11 is 0. The van der Waals surface area contributed by atoms with Gasteiger partial charge in [-0.3, -0.25) is 4.68 Å². The highest BCUT2D eigenvalue weighted by Crippen LogP contribution is 2.33. The van der Waals surface area contributed by atoms with Gasteiger partial charge in [0.2, 0.25) is 0 Å². The lowest BCUT2D eigenvalue weighted by Crippen LogP contribution is -2.42. The Bertz CT molecular complexity index is 310. The average molecular weight is 207 g/mol.